The van der Waals surface area contributed by atoms with E-state index in [1.165, 1.54) is 5.56 Å². The zero-order chi connectivity index (χ0) is 18.8. The number of carboxylic acid groups (broad SMARTS) is 1. The first-order chi connectivity index (χ1) is 13.1. The normalized spacial score (nSPS) is 30.3. The lowest BCUT2D eigenvalue weighted by molar-refractivity contribution is -0.151. The summed E-state index contributed by atoms with van der Waals surface area (Å²) >= 11 is 0. The molecule has 142 valence electrons. The van der Waals surface area contributed by atoms with Gasteiger partial charge in [-0.3, -0.25) is 14.5 Å². The van der Waals surface area contributed by atoms with Gasteiger partial charge < -0.3 is 10.0 Å². The summed E-state index contributed by atoms with van der Waals surface area (Å²) in [6.07, 6.45) is 9.14. The molecule has 0 radical (unpaired) electrons. The zero-order valence-corrected chi connectivity index (χ0v) is 15.4. The van der Waals surface area contributed by atoms with Gasteiger partial charge in [-0.1, -0.05) is 54.6 Å². The molecule has 1 N–H and O–H groups in total. The lowest BCUT2D eigenvalue weighted by atomic mass is 9.82. The minimum absolute atomic E-state index is 0.0332. The highest BCUT2D eigenvalue weighted by Crippen LogP contribution is 2.48. The van der Waals surface area contributed by atoms with E-state index in [-0.39, 0.29) is 23.7 Å². The van der Waals surface area contributed by atoms with Crippen LogP contribution in [0.4, 0.5) is 0 Å². The first-order valence-corrected chi connectivity index (χ1v) is 9.77. The van der Waals surface area contributed by atoms with Crippen molar-refractivity contribution in [1.29, 1.82) is 0 Å². The predicted octanol–water partition coefficient (Wildman–Crippen LogP) is 2.37. The molecule has 1 aromatic rings. The highest BCUT2D eigenvalue weighted by atomic mass is 16.4. The Balaban J connectivity index is 1.30. The minimum atomic E-state index is -0.824. The summed E-state index contributed by atoms with van der Waals surface area (Å²) in [4.78, 5) is 28.9. The van der Waals surface area contributed by atoms with E-state index in [1.54, 1.807) is 0 Å². The number of benzene rings is 1. The molecule has 1 saturated heterocycles. The van der Waals surface area contributed by atoms with Gasteiger partial charge in [0.15, 0.2) is 0 Å². The lowest BCUT2D eigenvalue weighted by Gasteiger charge is -2.37. The van der Waals surface area contributed by atoms with Gasteiger partial charge in [-0.25, -0.2) is 0 Å². The lowest BCUT2D eigenvalue weighted by Crippen LogP contribution is -2.52. The third kappa shape index (κ3) is 3.69. The van der Waals surface area contributed by atoms with Crippen molar-refractivity contribution in [1.82, 2.24) is 9.80 Å². The van der Waals surface area contributed by atoms with Gasteiger partial charge in [0.05, 0.1) is 11.8 Å². The zero-order valence-electron chi connectivity index (χ0n) is 15.4. The van der Waals surface area contributed by atoms with Crippen LogP contribution in [0.2, 0.25) is 0 Å². The Morgan fingerprint density at radius 2 is 1.67 bits per heavy atom. The molecule has 5 heteroatoms. The van der Waals surface area contributed by atoms with Gasteiger partial charge in [0.1, 0.15) is 0 Å². The molecule has 0 aromatic heterocycles. The molecular formula is C22H26N2O3. The third-order valence-electron chi connectivity index (χ3n) is 6.19. The summed E-state index contributed by atoms with van der Waals surface area (Å²) in [7, 11) is 0. The standard InChI is InChI=1S/C22H26N2O3/c25-21(19-17-8-9-18(15-17)20(19)22(26)27)24-13-11-23(12-14-24)10-4-7-16-5-2-1-3-6-16/h1-9,17-20H,10-15H2,(H,26,27)/b7-4+/t17-,18-,19+,20+/m0/s1. The van der Waals surface area contributed by atoms with Crippen LogP contribution in [0.25, 0.3) is 6.08 Å². The van der Waals surface area contributed by atoms with Crippen LogP contribution < -0.4 is 0 Å². The number of fused-ring (bicyclic) bond motifs is 2. The first-order valence-electron chi connectivity index (χ1n) is 9.77. The molecule has 1 amide bonds. The third-order valence-corrected chi connectivity index (χ3v) is 6.19. The summed E-state index contributed by atoms with van der Waals surface area (Å²) in [6.45, 7) is 3.90. The number of carbonyl (C=O) groups is 2. The van der Waals surface area contributed by atoms with Gasteiger partial charge in [0.25, 0.3) is 0 Å². The number of nitrogens with zero attached hydrogens (tertiary/aromatic N) is 2. The molecule has 2 fully saturated rings. The monoisotopic (exact) mass is 366 g/mol. The summed E-state index contributed by atoms with van der Waals surface area (Å²) in [6, 6.07) is 10.2. The Labute approximate surface area is 160 Å². The van der Waals surface area contributed by atoms with E-state index in [1.807, 2.05) is 29.2 Å². The van der Waals surface area contributed by atoms with Crippen molar-refractivity contribution < 1.29 is 14.7 Å². The molecule has 2 aliphatic carbocycles. The van der Waals surface area contributed by atoms with E-state index in [2.05, 4.69) is 35.3 Å². The van der Waals surface area contributed by atoms with Crippen LogP contribution in [0.3, 0.4) is 0 Å². The van der Waals surface area contributed by atoms with E-state index < -0.39 is 11.9 Å². The molecule has 27 heavy (non-hydrogen) atoms. The number of carboxylic acids is 1. The van der Waals surface area contributed by atoms with Crippen LogP contribution in [0, 0.1) is 23.7 Å². The van der Waals surface area contributed by atoms with E-state index in [0.717, 1.165) is 26.1 Å². The minimum Gasteiger partial charge on any atom is -0.481 e. The number of carbonyl (C=O) groups excluding carboxylic acids is 1. The van der Waals surface area contributed by atoms with Gasteiger partial charge in [0, 0.05) is 32.7 Å². The summed E-state index contributed by atoms with van der Waals surface area (Å²) in [5.41, 5.74) is 1.19. The molecule has 1 saturated carbocycles. The van der Waals surface area contributed by atoms with Crippen LogP contribution in [-0.4, -0.2) is 59.5 Å². The highest BCUT2D eigenvalue weighted by Gasteiger charge is 2.52. The SMILES string of the molecule is O=C(O)[C@H]1[C@H](C(=O)N2CCN(C/C=C/c3ccccc3)CC2)[C@H]2C=C[C@H]1C2. The number of aliphatic carboxylic acids is 1. The average molecular weight is 366 g/mol. The Morgan fingerprint density at radius 3 is 2.33 bits per heavy atom. The molecule has 1 aromatic carbocycles. The number of piperazine rings is 1. The first kappa shape index (κ1) is 18.0. The quantitative estimate of drug-likeness (QED) is 0.813. The van der Waals surface area contributed by atoms with Crippen LogP contribution in [0.15, 0.2) is 48.6 Å². The van der Waals surface area contributed by atoms with Crippen molar-refractivity contribution >= 4 is 18.0 Å². The molecule has 0 spiro atoms. The molecular weight excluding hydrogens is 340 g/mol. The molecule has 3 aliphatic rings. The number of hydrogen-bond donors (Lipinski definition) is 1. The van der Waals surface area contributed by atoms with E-state index in [4.69, 9.17) is 0 Å². The van der Waals surface area contributed by atoms with Crippen molar-refractivity contribution in [2.24, 2.45) is 23.7 Å². The second kappa shape index (κ2) is 7.69. The predicted molar refractivity (Wildman–Crippen MR) is 104 cm³/mol. The number of hydrogen-bond acceptors (Lipinski definition) is 3. The van der Waals surface area contributed by atoms with Crippen molar-refractivity contribution in [3.8, 4) is 0 Å². The van der Waals surface area contributed by atoms with Crippen LogP contribution in [-0.2, 0) is 9.59 Å². The largest absolute Gasteiger partial charge is 0.481 e. The number of rotatable bonds is 5. The van der Waals surface area contributed by atoms with Crippen LogP contribution >= 0.6 is 0 Å². The Bertz CT molecular complexity index is 750. The summed E-state index contributed by atoms with van der Waals surface area (Å²) in [5.74, 6) is -1.56. The van der Waals surface area contributed by atoms with Gasteiger partial charge in [-0.15, -0.1) is 0 Å². The van der Waals surface area contributed by atoms with E-state index in [9.17, 15) is 14.7 Å². The van der Waals surface area contributed by atoms with Crippen molar-refractivity contribution in [3.05, 3.63) is 54.1 Å². The number of amides is 1. The summed E-state index contributed by atoms with van der Waals surface area (Å²) < 4.78 is 0. The van der Waals surface area contributed by atoms with Crippen molar-refractivity contribution in [3.63, 3.8) is 0 Å². The Morgan fingerprint density at radius 1 is 1.00 bits per heavy atom. The average Bonchev–Trinajstić information content (AvgIpc) is 3.30. The maximum atomic E-state index is 13.0. The molecule has 2 bridgehead atoms. The fourth-order valence-electron chi connectivity index (χ4n) is 4.76. The molecule has 4 rings (SSSR count). The maximum absolute atomic E-state index is 13.0. The fraction of sp³-hybridized carbons (Fsp3) is 0.455. The van der Waals surface area contributed by atoms with Gasteiger partial charge >= 0.3 is 5.97 Å². The van der Waals surface area contributed by atoms with Crippen molar-refractivity contribution in [2.45, 2.75) is 6.42 Å². The van der Waals surface area contributed by atoms with Crippen LogP contribution in [0.5, 0.6) is 0 Å². The molecule has 0 unspecified atom stereocenters. The Hall–Kier alpha value is -2.40. The van der Waals surface area contributed by atoms with Gasteiger partial charge in [-0.05, 0) is 23.8 Å². The molecule has 5 nitrogen and oxygen atoms in total. The fourth-order valence-corrected chi connectivity index (χ4v) is 4.76. The van der Waals surface area contributed by atoms with E-state index in [0.29, 0.717) is 13.1 Å². The second-order valence-electron chi connectivity index (χ2n) is 7.78. The smallest absolute Gasteiger partial charge is 0.307 e. The highest BCUT2D eigenvalue weighted by molar-refractivity contribution is 5.87. The van der Waals surface area contributed by atoms with Gasteiger partial charge in [-0.2, -0.15) is 0 Å². The Kier molecular flexibility index (Phi) is 5.12. The summed E-state index contributed by atoms with van der Waals surface area (Å²) in [5, 5.41) is 9.57. The topological polar surface area (TPSA) is 60.9 Å². The van der Waals surface area contributed by atoms with Gasteiger partial charge in [0.2, 0.25) is 5.91 Å². The molecule has 1 heterocycles. The van der Waals surface area contributed by atoms with E-state index >= 15 is 0 Å². The van der Waals surface area contributed by atoms with Crippen LogP contribution in [0.1, 0.15) is 12.0 Å². The van der Waals surface area contributed by atoms with Crippen molar-refractivity contribution in [2.75, 3.05) is 32.7 Å². The maximum Gasteiger partial charge on any atom is 0.307 e. The second-order valence-corrected chi connectivity index (χ2v) is 7.78. The molecule has 4 atom stereocenters. The molecule has 1 aliphatic heterocycles. The number of allylic oxidation sites excluding steroid dienone is 2.